The second-order valence-electron chi connectivity index (χ2n) is 3.73. The second kappa shape index (κ2) is 5.80. The molecule has 0 aliphatic heterocycles. The third-order valence-electron chi connectivity index (χ3n) is 2.34. The van der Waals surface area contributed by atoms with E-state index >= 15 is 0 Å². The Morgan fingerprint density at radius 2 is 2.00 bits per heavy atom. The molecule has 2 aromatic rings. The van der Waals surface area contributed by atoms with Crippen molar-refractivity contribution < 1.29 is 0 Å². The van der Waals surface area contributed by atoms with Crippen LogP contribution >= 0.6 is 23.6 Å². The Kier molecular flexibility index (Phi) is 4.12. The van der Waals surface area contributed by atoms with Gasteiger partial charge in [0.25, 0.3) is 0 Å². The Bertz CT molecular complexity index is 465. The van der Waals surface area contributed by atoms with Crippen molar-refractivity contribution in [3.8, 4) is 0 Å². The second-order valence-corrected chi connectivity index (χ2v) is 5.15. The fourth-order valence-corrected chi connectivity index (χ4v) is 2.39. The zero-order chi connectivity index (χ0) is 12.1. The molecule has 1 heterocycles. The molecule has 0 fully saturated rings. The van der Waals surface area contributed by atoms with Crippen LogP contribution in [0, 0.1) is 0 Å². The highest BCUT2D eigenvalue weighted by Crippen LogP contribution is 2.12. The lowest BCUT2D eigenvalue weighted by Gasteiger charge is -2.20. The maximum Gasteiger partial charge on any atom is 0.173 e. The van der Waals surface area contributed by atoms with Gasteiger partial charge in [0, 0.05) is 17.6 Å². The van der Waals surface area contributed by atoms with E-state index in [0.717, 1.165) is 17.3 Å². The van der Waals surface area contributed by atoms with E-state index in [1.807, 2.05) is 42.3 Å². The molecule has 4 heteroatoms. The summed E-state index contributed by atoms with van der Waals surface area (Å²) in [5, 5.41) is 6.04. The average Bonchev–Trinajstić information content (AvgIpc) is 2.83. The number of benzene rings is 1. The SMILES string of the molecule is CN(Cc1cccs1)C(=S)Nc1ccccc1. The molecule has 0 atom stereocenters. The van der Waals surface area contributed by atoms with Crippen molar-refractivity contribution in [2.75, 3.05) is 12.4 Å². The summed E-state index contributed by atoms with van der Waals surface area (Å²) in [4.78, 5) is 3.35. The molecule has 0 aliphatic rings. The smallest absolute Gasteiger partial charge is 0.173 e. The number of nitrogens with zero attached hydrogens (tertiary/aromatic N) is 1. The first-order chi connectivity index (χ1) is 8.25. The fraction of sp³-hybridized carbons (Fsp3) is 0.154. The van der Waals surface area contributed by atoms with E-state index < -0.39 is 0 Å². The molecular formula is C13H14N2S2. The quantitative estimate of drug-likeness (QED) is 0.851. The zero-order valence-corrected chi connectivity index (χ0v) is 11.2. The van der Waals surface area contributed by atoms with E-state index in [-0.39, 0.29) is 0 Å². The predicted octanol–water partition coefficient (Wildman–Crippen LogP) is 3.58. The largest absolute Gasteiger partial charge is 0.347 e. The number of para-hydroxylation sites is 1. The van der Waals surface area contributed by atoms with Gasteiger partial charge in [-0.2, -0.15) is 0 Å². The topological polar surface area (TPSA) is 15.3 Å². The summed E-state index contributed by atoms with van der Waals surface area (Å²) in [5.41, 5.74) is 1.02. The van der Waals surface area contributed by atoms with Gasteiger partial charge in [0.1, 0.15) is 0 Å². The third-order valence-corrected chi connectivity index (χ3v) is 3.62. The van der Waals surface area contributed by atoms with Crippen LogP contribution in [-0.2, 0) is 6.54 Å². The number of hydrogen-bond donors (Lipinski definition) is 1. The molecule has 0 saturated carbocycles. The minimum absolute atomic E-state index is 0.740. The van der Waals surface area contributed by atoms with Crippen molar-refractivity contribution in [3.63, 3.8) is 0 Å². The summed E-state index contributed by atoms with van der Waals surface area (Å²) in [6.07, 6.45) is 0. The molecule has 0 bridgehead atoms. The van der Waals surface area contributed by atoms with E-state index in [1.54, 1.807) is 11.3 Å². The number of hydrogen-bond acceptors (Lipinski definition) is 2. The van der Waals surface area contributed by atoms with Gasteiger partial charge in [-0.1, -0.05) is 24.3 Å². The first-order valence-corrected chi connectivity index (χ1v) is 6.64. The number of nitrogens with one attached hydrogen (secondary N) is 1. The van der Waals surface area contributed by atoms with Crippen molar-refractivity contribution >= 4 is 34.4 Å². The Morgan fingerprint density at radius 3 is 2.65 bits per heavy atom. The molecule has 0 spiro atoms. The van der Waals surface area contributed by atoms with E-state index in [9.17, 15) is 0 Å². The maximum absolute atomic E-state index is 5.35. The molecule has 0 unspecified atom stereocenters. The van der Waals surface area contributed by atoms with E-state index in [0.29, 0.717) is 0 Å². The van der Waals surface area contributed by atoms with E-state index in [1.165, 1.54) is 4.88 Å². The number of thiocarbonyl (C=S) groups is 1. The summed E-state index contributed by atoms with van der Waals surface area (Å²) >= 11 is 7.10. The highest BCUT2D eigenvalue weighted by atomic mass is 32.1. The van der Waals surface area contributed by atoms with Crippen molar-refractivity contribution in [1.82, 2.24) is 4.90 Å². The molecular weight excluding hydrogens is 248 g/mol. The molecule has 0 saturated heterocycles. The summed E-state index contributed by atoms with van der Waals surface area (Å²) in [7, 11) is 2.00. The number of rotatable bonds is 3. The van der Waals surface area contributed by atoms with Crippen molar-refractivity contribution in [1.29, 1.82) is 0 Å². The van der Waals surface area contributed by atoms with Crippen LogP contribution < -0.4 is 5.32 Å². The molecule has 1 N–H and O–H groups in total. The highest BCUT2D eigenvalue weighted by molar-refractivity contribution is 7.80. The van der Waals surface area contributed by atoms with Crippen LogP contribution in [0.2, 0.25) is 0 Å². The minimum Gasteiger partial charge on any atom is -0.347 e. The van der Waals surface area contributed by atoms with Crippen LogP contribution in [0.3, 0.4) is 0 Å². The molecule has 88 valence electrons. The van der Waals surface area contributed by atoms with Gasteiger partial charge in [0.15, 0.2) is 5.11 Å². The molecule has 0 amide bonds. The lowest BCUT2D eigenvalue weighted by molar-refractivity contribution is 0.514. The van der Waals surface area contributed by atoms with Crippen LogP contribution in [-0.4, -0.2) is 17.1 Å². The van der Waals surface area contributed by atoms with Gasteiger partial charge in [-0.05, 0) is 35.8 Å². The average molecular weight is 262 g/mol. The molecule has 1 aromatic carbocycles. The Morgan fingerprint density at radius 1 is 1.24 bits per heavy atom. The summed E-state index contributed by atoms with van der Waals surface area (Å²) in [6.45, 7) is 0.844. The van der Waals surface area contributed by atoms with Gasteiger partial charge in [-0.25, -0.2) is 0 Å². The molecule has 2 rings (SSSR count). The molecule has 0 radical (unpaired) electrons. The third kappa shape index (κ3) is 3.54. The molecule has 0 aliphatic carbocycles. The van der Waals surface area contributed by atoms with Crippen LogP contribution in [0.15, 0.2) is 47.8 Å². The molecule has 1 aromatic heterocycles. The Labute approximate surface area is 111 Å². The van der Waals surface area contributed by atoms with Crippen LogP contribution in [0.4, 0.5) is 5.69 Å². The van der Waals surface area contributed by atoms with Crippen LogP contribution in [0.5, 0.6) is 0 Å². The first-order valence-electron chi connectivity index (χ1n) is 5.35. The summed E-state index contributed by atoms with van der Waals surface area (Å²) in [6, 6.07) is 14.2. The first kappa shape index (κ1) is 12.1. The van der Waals surface area contributed by atoms with Gasteiger partial charge in [0.05, 0.1) is 6.54 Å². The van der Waals surface area contributed by atoms with Crippen molar-refractivity contribution in [3.05, 3.63) is 52.7 Å². The zero-order valence-electron chi connectivity index (χ0n) is 9.59. The Balaban J connectivity index is 1.92. The van der Waals surface area contributed by atoms with Crippen LogP contribution in [0.1, 0.15) is 4.88 Å². The fourth-order valence-electron chi connectivity index (χ4n) is 1.45. The monoisotopic (exact) mass is 262 g/mol. The molecule has 2 nitrogen and oxygen atoms in total. The minimum atomic E-state index is 0.740. The highest BCUT2D eigenvalue weighted by Gasteiger charge is 2.05. The maximum atomic E-state index is 5.35. The number of thiophene rings is 1. The van der Waals surface area contributed by atoms with Gasteiger partial charge in [-0.15, -0.1) is 11.3 Å². The van der Waals surface area contributed by atoms with Gasteiger partial charge < -0.3 is 10.2 Å². The van der Waals surface area contributed by atoms with E-state index in [2.05, 4.69) is 22.8 Å². The molecule has 17 heavy (non-hydrogen) atoms. The summed E-state index contributed by atoms with van der Waals surface area (Å²) in [5.74, 6) is 0. The Hall–Kier alpha value is -1.39. The van der Waals surface area contributed by atoms with Crippen LogP contribution in [0.25, 0.3) is 0 Å². The van der Waals surface area contributed by atoms with Gasteiger partial charge >= 0.3 is 0 Å². The van der Waals surface area contributed by atoms with E-state index in [4.69, 9.17) is 12.2 Å². The van der Waals surface area contributed by atoms with Gasteiger partial charge in [-0.3, -0.25) is 0 Å². The van der Waals surface area contributed by atoms with Crippen molar-refractivity contribution in [2.45, 2.75) is 6.54 Å². The van der Waals surface area contributed by atoms with Crippen molar-refractivity contribution in [2.24, 2.45) is 0 Å². The predicted molar refractivity (Wildman–Crippen MR) is 78.4 cm³/mol. The van der Waals surface area contributed by atoms with Gasteiger partial charge in [0.2, 0.25) is 0 Å². The number of anilines is 1. The summed E-state index contributed by atoms with van der Waals surface area (Å²) < 4.78 is 0. The normalized spacial score (nSPS) is 9.94. The standard InChI is InChI=1S/C13H14N2S2/c1-15(10-12-8-5-9-17-12)13(16)14-11-6-3-2-4-7-11/h2-9H,10H2,1H3,(H,14,16). The lowest BCUT2D eigenvalue weighted by atomic mass is 10.3. The lowest BCUT2D eigenvalue weighted by Crippen LogP contribution is -2.30.